The normalized spacial score (nSPS) is 13.2. The van der Waals surface area contributed by atoms with Crippen molar-refractivity contribution in [2.75, 3.05) is 165 Å². The van der Waals surface area contributed by atoms with Gasteiger partial charge >= 0.3 is 0 Å². The predicted octanol–water partition coefficient (Wildman–Crippen LogP) is 0.754. The van der Waals surface area contributed by atoms with Crippen LogP contribution in [0, 0.1) is 0 Å². The van der Waals surface area contributed by atoms with Crippen molar-refractivity contribution in [3.63, 3.8) is 0 Å². The smallest absolute Gasteiger partial charge is 0.254 e. The summed E-state index contributed by atoms with van der Waals surface area (Å²) < 4.78 is 54.8. The molecular weight excluding hydrogens is 981 g/mol. The van der Waals surface area contributed by atoms with Crippen LogP contribution in [-0.4, -0.2) is 225 Å². The van der Waals surface area contributed by atoms with E-state index in [1.165, 1.54) is 0 Å². The van der Waals surface area contributed by atoms with E-state index < -0.39 is 17.7 Å². The predicted molar refractivity (Wildman–Crippen MR) is 273 cm³/mol. The van der Waals surface area contributed by atoms with Gasteiger partial charge in [-0.05, 0) is 30.5 Å². The molecule has 3 heterocycles. The third-order valence-electron chi connectivity index (χ3n) is 10.7. The molecule has 0 unspecified atom stereocenters. The number of carbonyl (C=O) groups excluding carboxylic acids is 5. The summed E-state index contributed by atoms with van der Waals surface area (Å²) in [5.74, 6) is -0.934. The van der Waals surface area contributed by atoms with Crippen molar-refractivity contribution in [1.82, 2.24) is 30.4 Å². The highest BCUT2D eigenvalue weighted by atomic mass is 16.6. The van der Waals surface area contributed by atoms with Crippen molar-refractivity contribution in [2.45, 2.75) is 39.2 Å². The Balaban J connectivity index is 0.853. The maximum absolute atomic E-state index is 13.3. The summed E-state index contributed by atoms with van der Waals surface area (Å²) in [6, 6.07) is 5.69. The fourth-order valence-electron chi connectivity index (χ4n) is 6.91. The van der Waals surface area contributed by atoms with Crippen LogP contribution in [0.2, 0.25) is 0 Å². The van der Waals surface area contributed by atoms with Gasteiger partial charge < -0.3 is 73.7 Å². The van der Waals surface area contributed by atoms with E-state index in [4.69, 9.17) is 53.1 Å². The minimum absolute atomic E-state index is 0.0156. The Morgan fingerprint density at radius 2 is 1.15 bits per heavy atom. The minimum atomic E-state index is -0.500. The second-order valence-corrected chi connectivity index (χ2v) is 16.6. The van der Waals surface area contributed by atoms with Crippen LogP contribution in [0.25, 0.3) is 17.2 Å². The summed E-state index contributed by atoms with van der Waals surface area (Å²) in [5, 5.41) is 14.7. The van der Waals surface area contributed by atoms with Gasteiger partial charge in [0.2, 0.25) is 17.7 Å². The van der Waals surface area contributed by atoms with Crippen molar-refractivity contribution < 1.29 is 76.4 Å². The molecular formula is C51H76N8O16. The molecule has 0 radical (unpaired) electrons. The van der Waals surface area contributed by atoms with Gasteiger partial charge in [-0.3, -0.25) is 28.9 Å². The minimum Gasteiger partial charge on any atom is -0.396 e. The van der Waals surface area contributed by atoms with Gasteiger partial charge in [0.1, 0.15) is 18.2 Å². The number of nitrogens with two attached hydrogens (primary N) is 1. The number of aromatic nitrogens is 2. The Labute approximate surface area is 438 Å². The molecule has 5 amide bonds. The summed E-state index contributed by atoms with van der Waals surface area (Å²) in [6.45, 7) is 11.2. The molecule has 0 fully saturated rings. The number of ether oxygens (including phenoxy) is 10. The number of fused-ring (bicyclic) bond motifs is 1. The van der Waals surface area contributed by atoms with E-state index in [2.05, 4.69) is 25.6 Å². The molecule has 24 heteroatoms. The third-order valence-corrected chi connectivity index (χ3v) is 10.7. The van der Waals surface area contributed by atoms with E-state index in [0.717, 1.165) is 40.2 Å². The first kappa shape index (κ1) is 61.9. The molecule has 5 N–H and O–H groups in total. The molecule has 2 aliphatic rings. The van der Waals surface area contributed by atoms with Crippen molar-refractivity contribution in [1.29, 1.82) is 0 Å². The first-order valence-electron chi connectivity index (χ1n) is 25.4. The van der Waals surface area contributed by atoms with Crippen molar-refractivity contribution in [3.8, 4) is 11.1 Å². The van der Waals surface area contributed by atoms with Gasteiger partial charge in [-0.2, -0.15) is 0 Å². The number of aliphatic hydroxyl groups excluding tert-OH is 1. The van der Waals surface area contributed by atoms with E-state index in [1.807, 2.05) is 31.2 Å². The third kappa shape index (κ3) is 26.6. The summed E-state index contributed by atoms with van der Waals surface area (Å²) in [7, 11) is 0. The van der Waals surface area contributed by atoms with Gasteiger partial charge in [-0.15, -0.1) is 0 Å². The number of nitrogens with one attached hydrogen (secondary N) is 2. The zero-order chi connectivity index (χ0) is 53.6. The fourth-order valence-corrected chi connectivity index (χ4v) is 6.91. The fraction of sp³-hybridized carbons (Fsp3) is 0.608. The molecule has 4 rings (SSSR count). The number of carbonyl (C=O) groups is 5. The second kappa shape index (κ2) is 38.8. The van der Waals surface area contributed by atoms with E-state index in [1.54, 1.807) is 17.3 Å². The number of aliphatic hydroxyl groups is 1. The van der Waals surface area contributed by atoms with Crippen LogP contribution in [0.5, 0.6) is 0 Å². The van der Waals surface area contributed by atoms with E-state index >= 15 is 0 Å². The number of amides is 5. The van der Waals surface area contributed by atoms with Crippen molar-refractivity contribution in [3.05, 3.63) is 59.7 Å². The molecule has 0 saturated carbocycles. The molecule has 0 aliphatic carbocycles. The standard InChI is InChI=1S/C51H76N8O16/c1-2-10-58(11-3-12-60)51(65)42-33-41-5-4-40(34-44(41)57-45(52)35-42)43-36-54-46(55-37-43)38-56-47(61)8-13-66-15-17-68-19-21-70-23-25-72-27-29-74-31-32-75-30-28-73-26-24-71-22-20-69-18-16-67-14-9-53-48(62)39-59-49(63)6-7-50(59)64/h4-7,33-34,36-37,60H,2-3,8-32,35,38-39H2,1H3,(H2,52,57)(H,53,62)(H,56,61). The molecule has 0 atom stereocenters. The number of nitrogens with zero attached hydrogens (tertiary/aromatic N) is 5. The van der Waals surface area contributed by atoms with Crippen LogP contribution >= 0.6 is 0 Å². The zero-order valence-electron chi connectivity index (χ0n) is 43.2. The molecule has 0 spiro atoms. The quantitative estimate of drug-likeness (QED) is 0.0526. The lowest BCUT2D eigenvalue weighted by Gasteiger charge is -2.23. The number of aliphatic imine (C=N–C) groups is 1. The van der Waals surface area contributed by atoms with Crippen molar-refractivity contribution in [2.24, 2.45) is 10.7 Å². The Morgan fingerprint density at radius 1 is 0.653 bits per heavy atom. The highest BCUT2D eigenvalue weighted by Crippen LogP contribution is 2.32. The van der Waals surface area contributed by atoms with Gasteiger partial charge in [0.15, 0.2) is 0 Å². The molecule has 0 saturated heterocycles. The van der Waals surface area contributed by atoms with Gasteiger partial charge in [-0.25, -0.2) is 15.0 Å². The average molecular weight is 1060 g/mol. The monoisotopic (exact) mass is 1060 g/mol. The van der Waals surface area contributed by atoms with Crippen LogP contribution < -0.4 is 16.4 Å². The first-order chi connectivity index (χ1) is 36.7. The molecule has 1 aromatic carbocycles. The topological polar surface area (TPSA) is 293 Å². The van der Waals surface area contributed by atoms with E-state index in [-0.39, 0.29) is 64.1 Å². The summed E-state index contributed by atoms with van der Waals surface area (Å²) in [4.78, 5) is 76.5. The van der Waals surface area contributed by atoms with Crippen LogP contribution in [0.3, 0.4) is 0 Å². The van der Waals surface area contributed by atoms with Gasteiger partial charge in [0.25, 0.3) is 11.8 Å². The second-order valence-electron chi connectivity index (χ2n) is 16.6. The summed E-state index contributed by atoms with van der Waals surface area (Å²) >= 11 is 0. The zero-order valence-corrected chi connectivity index (χ0v) is 43.2. The number of hydrogen-bond acceptors (Lipinski definition) is 20. The maximum Gasteiger partial charge on any atom is 0.254 e. The highest BCUT2D eigenvalue weighted by Gasteiger charge is 2.25. The average Bonchev–Trinajstić information content (AvgIpc) is 3.61. The maximum atomic E-state index is 13.3. The highest BCUT2D eigenvalue weighted by molar-refractivity contribution is 6.14. The lowest BCUT2D eigenvalue weighted by molar-refractivity contribution is -0.141. The lowest BCUT2D eigenvalue weighted by Crippen LogP contribution is -2.41. The van der Waals surface area contributed by atoms with Crippen LogP contribution in [-0.2, 0) is 77.9 Å². The number of amidine groups is 1. The summed E-state index contributed by atoms with van der Waals surface area (Å²) in [6.07, 6.45) is 9.19. The molecule has 0 bridgehead atoms. The van der Waals surface area contributed by atoms with Crippen LogP contribution in [0.4, 0.5) is 5.69 Å². The SMILES string of the molecule is CCCN(CCCO)C(=O)C1=Cc2ccc(-c3cnc(CNC(=O)CCOCCOCCOCCOCCOCCOCCOCCOCCOCCOCCNC(=O)CN4C(=O)C=CC4=O)nc3)cc2N=C(N)C1. The lowest BCUT2D eigenvalue weighted by atomic mass is 10.0. The first-order valence-corrected chi connectivity index (χ1v) is 25.4. The van der Waals surface area contributed by atoms with E-state index in [9.17, 15) is 29.1 Å². The van der Waals surface area contributed by atoms with Gasteiger partial charge in [-0.1, -0.05) is 19.1 Å². The molecule has 24 nitrogen and oxygen atoms in total. The van der Waals surface area contributed by atoms with Gasteiger partial charge in [0, 0.05) is 80.3 Å². The van der Waals surface area contributed by atoms with Crippen LogP contribution in [0.1, 0.15) is 44.0 Å². The number of benzene rings is 1. The number of imide groups is 1. The number of rotatable bonds is 44. The van der Waals surface area contributed by atoms with Crippen molar-refractivity contribution >= 4 is 47.1 Å². The largest absolute Gasteiger partial charge is 0.396 e. The molecule has 75 heavy (non-hydrogen) atoms. The molecule has 2 aromatic rings. The number of hydrogen-bond donors (Lipinski definition) is 4. The van der Waals surface area contributed by atoms with Gasteiger partial charge in [0.05, 0.1) is 144 Å². The van der Waals surface area contributed by atoms with E-state index in [0.29, 0.717) is 161 Å². The molecule has 2 aliphatic heterocycles. The summed E-state index contributed by atoms with van der Waals surface area (Å²) in [5.41, 5.74) is 9.81. The Kier molecular flexibility index (Phi) is 32.1. The Hall–Kier alpha value is -5.64. The Morgan fingerprint density at radius 3 is 1.64 bits per heavy atom. The molecule has 1 aromatic heterocycles. The van der Waals surface area contributed by atoms with Crippen LogP contribution in [0.15, 0.2) is 53.3 Å². The Bertz CT molecular complexity index is 2080. The molecule has 416 valence electrons.